The Morgan fingerprint density at radius 3 is 2.57 bits per heavy atom. The van der Waals surface area contributed by atoms with Crippen molar-refractivity contribution in [1.29, 1.82) is 0 Å². The summed E-state index contributed by atoms with van der Waals surface area (Å²) in [6.07, 6.45) is 1.33. The molecule has 0 aromatic heterocycles. The van der Waals surface area contributed by atoms with Crippen molar-refractivity contribution in [2.45, 2.75) is 18.9 Å². The van der Waals surface area contributed by atoms with Gasteiger partial charge < -0.3 is 10.6 Å². The van der Waals surface area contributed by atoms with Gasteiger partial charge in [-0.1, -0.05) is 24.3 Å². The van der Waals surface area contributed by atoms with Crippen LogP contribution in [-0.4, -0.2) is 11.9 Å². The average molecular weight is 288 g/mol. The minimum atomic E-state index is -0.778. The van der Waals surface area contributed by atoms with E-state index in [1.165, 1.54) is 6.07 Å². The second-order valence-corrected chi connectivity index (χ2v) is 4.98. The van der Waals surface area contributed by atoms with E-state index in [0.29, 0.717) is 6.42 Å². The minimum absolute atomic E-state index is 0.400. The summed E-state index contributed by atoms with van der Waals surface area (Å²) in [7, 11) is 0. The van der Waals surface area contributed by atoms with E-state index in [1.807, 2.05) is 24.3 Å². The molecular weight excluding hydrogens is 274 g/mol. The van der Waals surface area contributed by atoms with Gasteiger partial charge in [0.15, 0.2) is 0 Å². The predicted octanol–water partition coefficient (Wildman–Crippen LogP) is 3.33. The first-order valence-corrected chi connectivity index (χ1v) is 6.74. The molecule has 2 N–H and O–H groups in total. The van der Waals surface area contributed by atoms with E-state index in [4.69, 9.17) is 0 Å². The molecule has 3 rings (SSSR count). The van der Waals surface area contributed by atoms with Crippen LogP contribution in [0.4, 0.5) is 20.2 Å². The van der Waals surface area contributed by atoms with Crippen LogP contribution in [0.3, 0.4) is 0 Å². The maximum Gasteiger partial charge on any atom is 0.247 e. The van der Waals surface area contributed by atoms with Crippen LogP contribution in [0.1, 0.15) is 12.0 Å². The van der Waals surface area contributed by atoms with Crippen LogP contribution in [0.5, 0.6) is 0 Å². The smallest absolute Gasteiger partial charge is 0.247 e. The highest BCUT2D eigenvalue weighted by Gasteiger charge is 2.25. The van der Waals surface area contributed by atoms with Crippen LogP contribution in [0.15, 0.2) is 42.5 Å². The number of hydrogen-bond donors (Lipinski definition) is 2. The van der Waals surface area contributed by atoms with Gasteiger partial charge >= 0.3 is 0 Å². The van der Waals surface area contributed by atoms with Crippen molar-refractivity contribution in [2.75, 3.05) is 10.6 Å². The number of para-hydroxylation sites is 2. The maximum atomic E-state index is 13.5. The molecule has 2 aromatic rings. The van der Waals surface area contributed by atoms with Gasteiger partial charge in [-0.15, -0.1) is 0 Å². The fourth-order valence-electron chi connectivity index (χ4n) is 2.46. The second kappa shape index (κ2) is 5.52. The molecule has 108 valence electrons. The molecule has 1 aliphatic rings. The van der Waals surface area contributed by atoms with Crippen LogP contribution >= 0.6 is 0 Å². The van der Waals surface area contributed by atoms with Gasteiger partial charge in [-0.05, 0) is 36.6 Å². The maximum absolute atomic E-state index is 13.5. The summed E-state index contributed by atoms with van der Waals surface area (Å²) in [5.41, 5.74) is 1.62. The second-order valence-electron chi connectivity index (χ2n) is 4.98. The SMILES string of the molecule is O=C(Nc1c(F)cccc1F)C1CCc2ccccc2N1. The van der Waals surface area contributed by atoms with Crippen molar-refractivity contribution in [1.82, 2.24) is 0 Å². The first-order chi connectivity index (χ1) is 10.1. The van der Waals surface area contributed by atoms with Crippen LogP contribution < -0.4 is 10.6 Å². The number of carbonyl (C=O) groups is 1. The molecule has 21 heavy (non-hydrogen) atoms. The predicted molar refractivity (Wildman–Crippen MR) is 77.2 cm³/mol. The zero-order valence-electron chi connectivity index (χ0n) is 11.2. The number of aryl methyl sites for hydroxylation is 1. The number of hydrogen-bond acceptors (Lipinski definition) is 2. The molecule has 5 heteroatoms. The van der Waals surface area contributed by atoms with Gasteiger partial charge in [0.05, 0.1) is 0 Å². The Hall–Kier alpha value is -2.43. The highest BCUT2D eigenvalue weighted by molar-refractivity contribution is 5.97. The molecule has 0 saturated heterocycles. The zero-order valence-corrected chi connectivity index (χ0v) is 11.2. The molecule has 2 aromatic carbocycles. The van der Waals surface area contributed by atoms with Crippen molar-refractivity contribution in [3.63, 3.8) is 0 Å². The third kappa shape index (κ3) is 2.72. The number of amides is 1. The van der Waals surface area contributed by atoms with Gasteiger partial charge in [0.25, 0.3) is 0 Å². The lowest BCUT2D eigenvalue weighted by atomic mass is 9.97. The van der Waals surface area contributed by atoms with E-state index < -0.39 is 29.3 Å². The van der Waals surface area contributed by atoms with Gasteiger partial charge in [-0.2, -0.15) is 0 Å². The summed E-state index contributed by atoms with van der Waals surface area (Å²) in [4.78, 5) is 12.2. The van der Waals surface area contributed by atoms with Gasteiger partial charge in [0.2, 0.25) is 5.91 Å². The van der Waals surface area contributed by atoms with Gasteiger partial charge in [0.1, 0.15) is 23.4 Å². The molecule has 3 nitrogen and oxygen atoms in total. The van der Waals surface area contributed by atoms with Gasteiger partial charge in [0, 0.05) is 5.69 Å². The number of rotatable bonds is 2. The molecule has 0 radical (unpaired) electrons. The van der Waals surface area contributed by atoms with E-state index in [0.717, 1.165) is 29.8 Å². The Bertz CT molecular complexity index is 667. The fraction of sp³-hybridized carbons (Fsp3) is 0.188. The summed E-state index contributed by atoms with van der Waals surface area (Å²) in [5, 5.41) is 5.43. The Morgan fingerprint density at radius 1 is 1.10 bits per heavy atom. The molecule has 0 bridgehead atoms. The lowest BCUT2D eigenvalue weighted by Gasteiger charge is -2.26. The standard InChI is InChI=1S/C16H14F2N2O/c17-11-5-3-6-12(18)15(11)20-16(21)14-9-8-10-4-1-2-7-13(10)19-14/h1-7,14,19H,8-9H2,(H,20,21). The molecule has 0 fully saturated rings. The Labute approximate surface area is 121 Å². The number of nitrogens with one attached hydrogen (secondary N) is 2. The summed E-state index contributed by atoms with van der Waals surface area (Å²) in [6, 6.07) is 10.7. The van der Waals surface area contributed by atoms with Crippen molar-refractivity contribution < 1.29 is 13.6 Å². The lowest BCUT2D eigenvalue weighted by molar-refractivity contribution is -0.117. The van der Waals surface area contributed by atoms with Crippen LogP contribution in [0.25, 0.3) is 0 Å². The van der Waals surface area contributed by atoms with E-state index in [-0.39, 0.29) is 0 Å². The molecule has 0 spiro atoms. The van der Waals surface area contributed by atoms with Gasteiger partial charge in [-0.25, -0.2) is 8.78 Å². The largest absolute Gasteiger partial charge is 0.373 e. The topological polar surface area (TPSA) is 41.1 Å². The fourth-order valence-corrected chi connectivity index (χ4v) is 2.46. The Kier molecular flexibility index (Phi) is 3.56. The molecule has 1 heterocycles. The molecule has 1 amide bonds. The molecule has 1 unspecified atom stereocenters. The molecule has 1 atom stereocenters. The van der Waals surface area contributed by atoms with E-state index in [1.54, 1.807) is 0 Å². The lowest BCUT2D eigenvalue weighted by Crippen LogP contribution is -2.38. The molecule has 1 aliphatic heterocycles. The highest BCUT2D eigenvalue weighted by atomic mass is 19.1. The Morgan fingerprint density at radius 2 is 1.81 bits per heavy atom. The van der Waals surface area contributed by atoms with Crippen molar-refractivity contribution in [3.8, 4) is 0 Å². The summed E-state index contributed by atoms with van der Waals surface area (Å²) < 4.78 is 27.1. The average Bonchev–Trinajstić information content (AvgIpc) is 2.50. The quantitative estimate of drug-likeness (QED) is 0.890. The number of benzene rings is 2. The van der Waals surface area contributed by atoms with Gasteiger partial charge in [-0.3, -0.25) is 4.79 Å². The van der Waals surface area contributed by atoms with Crippen molar-refractivity contribution in [2.24, 2.45) is 0 Å². The summed E-state index contributed by atoms with van der Waals surface area (Å²) in [5.74, 6) is -1.99. The first kappa shape index (κ1) is 13.5. The molecule has 0 saturated carbocycles. The monoisotopic (exact) mass is 288 g/mol. The number of carbonyl (C=O) groups excluding carboxylic acids is 1. The number of fused-ring (bicyclic) bond motifs is 1. The number of halogens is 2. The zero-order chi connectivity index (χ0) is 14.8. The Balaban J connectivity index is 1.76. The van der Waals surface area contributed by atoms with E-state index in [9.17, 15) is 13.6 Å². The minimum Gasteiger partial charge on any atom is -0.373 e. The van der Waals surface area contributed by atoms with Crippen LogP contribution in [-0.2, 0) is 11.2 Å². The molecule has 0 aliphatic carbocycles. The summed E-state index contributed by atoms with van der Waals surface area (Å²) >= 11 is 0. The molecular formula is C16H14F2N2O. The van der Waals surface area contributed by atoms with E-state index >= 15 is 0 Å². The van der Waals surface area contributed by atoms with E-state index in [2.05, 4.69) is 10.6 Å². The van der Waals surface area contributed by atoms with Crippen LogP contribution in [0, 0.1) is 11.6 Å². The first-order valence-electron chi connectivity index (χ1n) is 6.74. The third-order valence-corrected chi connectivity index (χ3v) is 3.58. The summed E-state index contributed by atoms with van der Waals surface area (Å²) in [6.45, 7) is 0. The third-order valence-electron chi connectivity index (χ3n) is 3.58. The number of anilines is 2. The van der Waals surface area contributed by atoms with Crippen molar-refractivity contribution in [3.05, 3.63) is 59.7 Å². The highest BCUT2D eigenvalue weighted by Crippen LogP contribution is 2.25. The van der Waals surface area contributed by atoms with Crippen molar-refractivity contribution >= 4 is 17.3 Å². The normalized spacial score (nSPS) is 16.8. The van der Waals surface area contributed by atoms with Crippen LogP contribution in [0.2, 0.25) is 0 Å².